The molecule has 2 amide bonds. The van der Waals surface area contributed by atoms with Crippen LogP contribution in [0.3, 0.4) is 0 Å². The summed E-state index contributed by atoms with van der Waals surface area (Å²) < 4.78 is 80.9. The van der Waals surface area contributed by atoms with Crippen molar-refractivity contribution in [3.05, 3.63) is 63.7 Å². The highest BCUT2D eigenvalue weighted by Crippen LogP contribution is 2.39. The highest BCUT2D eigenvalue weighted by Gasteiger charge is 2.37. The molecule has 0 atom stereocenters. The van der Waals surface area contributed by atoms with Crippen LogP contribution in [0, 0.1) is 0 Å². The average Bonchev–Trinajstić information content (AvgIpc) is 2.74. The number of alkyl halides is 6. The van der Waals surface area contributed by atoms with Gasteiger partial charge < -0.3 is 10.6 Å². The van der Waals surface area contributed by atoms with Crippen LogP contribution in [-0.4, -0.2) is 17.9 Å². The minimum Gasteiger partial charge on any atom is -0.366 e. The van der Waals surface area contributed by atoms with Gasteiger partial charge in [0.25, 0.3) is 0 Å². The standard InChI is InChI=1S/C23H21ClF6N2O2/c24-18-9-8-15(22(25,26)27)12-19(18)32(16-4-2-1-3-5-16)20(33)11-13-6-7-14(21(31)34)10-17(13)23(28,29)30/h6-10,12,16H,1-5,11H2,(H2,31,34). The fourth-order valence-corrected chi connectivity index (χ4v) is 4.35. The van der Waals surface area contributed by atoms with E-state index in [0.29, 0.717) is 31.7 Å². The van der Waals surface area contributed by atoms with Gasteiger partial charge in [-0.15, -0.1) is 0 Å². The summed E-state index contributed by atoms with van der Waals surface area (Å²) in [5.41, 5.74) is 1.84. The lowest BCUT2D eigenvalue weighted by molar-refractivity contribution is -0.139. The van der Waals surface area contributed by atoms with E-state index in [9.17, 15) is 35.9 Å². The summed E-state index contributed by atoms with van der Waals surface area (Å²) in [4.78, 5) is 25.8. The largest absolute Gasteiger partial charge is 0.416 e. The van der Waals surface area contributed by atoms with Gasteiger partial charge in [0.05, 0.1) is 28.3 Å². The molecule has 0 aromatic heterocycles. The SMILES string of the molecule is NC(=O)c1ccc(CC(=O)N(c2cc(C(F)(F)F)ccc2Cl)C2CCCCC2)c(C(F)(F)F)c1. The van der Waals surface area contributed by atoms with Crippen molar-refractivity contribution in [1.82, 2.24) is 0 Å². The van der Waals surface area contributed by atoms with Crippen molar-refractivity contribution in [2.24, 2.45) is 5.73 Å². The molecule has 0 bridgehead atoms. The molecule has 2 aromatic carbocycles. The molecule has 184 valence electrons. The fourth-order valence-electron chi connectivity index (χ4n) is 4.14. The molecule has 11 heteroatoms. The quantitative estimate of drug-likeness (QED) is 0.478. The van der Waals surface area contributed by atoms with Gasteiger partial charge in [-0.05, 0) is 48.7 Å². The maximum Gasteiger partial charge on any atom is 0.416 e. The van der Waals surface area contributed by atoms with Crippen LogP contribution in [0.2, 0.25) is 5.02 Å². The zero-order valence-corrected chi connectivity index (χ0v) is 18.5. The highest BCUT2D eigenvalue weighted by molar-refractivity contribution is 6.33. The molecule has 0 unspecified atom stereocenters. The van der Waals surface area contributed by atoms with Crippen molar-refractivity contribution in [1.29, 1.82) is 0 Å². The normalized spacial score (nSPS) is 15.3. The highest BCUT2D eigenvalue weighted by atomic mass is 35.5. The summed E-state index contributed by atoms with van der Waals surface area (Å²) >= 11 is 6.17. The van der Waals surface area contributed by atoms with E-state index in [1.165, 1.54) is 0 Å². The Morgan fingerprint density at radius 2 is 1.59 bits per heavy atom. The lowest BCUT2D eigenvalue weighted by Crippen LogP contribution is -2.43. The molecule has 34 heavy (non-hydrogen) atoms. The van der Waals surface area contributed by atoms with Gasteiger partial charge in [0.2, 0.25) is 11.8 Å². The van der Waals surface area contributed by atoms with E-state index >= 15 is 0 Å². The molecule has 0 aliphatic heterocycles. The Kier molecular flexibility index (Phi) is 7.50. The van der Waals surface area contributed by atoms with Gasteiger partial charge in [0.15, 0.2) is 0 Å². The van der Waals surface area contributed by atoms with E-state index in [1.54, 1.807) is 0 Å². The Bertz CT molecular complexity index is 1080. The number of nitrogens with two attached hydrogens (primary N) is 1. The predicted molar refractivity (Wildman–Crippen MR) is 114 cm³/mol. The second kappa shape index (κ2) is 9.85. The van der Waals surface area contributed by atoms with Crippen LogP contribution >= 0.6 is 11.6 Å². The zero-order chi connectivity index (χ0) is 25.3. The Morgan fingerprint density at radius 1 is 0.941 bits per heavy atom. The maximum absolute atomic E-state index is 13.6. The molecule has 2 N–H and O–H groups in total. The molecule has 1 fully saturated rings. The predicted octanol–water partition coefficient (Wildman–Crippen LogP) is 6.38. The van der Waals surface area contributed by atoms with Crippen LogP contribution < -0.4 is 10.6 Å². The van der Waals surface area contributed by atoms with Crippen molar-refractivity contribution in [2.45, 2.75) is 56.9 Å². The topological polar surface area (TPSA) is 63.4 Å². The summed E-state index contributed by atoms with van der Waals surface area (Å²) in [6.45, 7) is 0. The third kappa shape index (κ3) is 5.84. The molecule has 4 nitrogen and oxygen atoms in total. The maximum atomic E-state index is 13.6. The fraction of sp³-hybridized carbons (Fsp3) is 0.391. The molecule has 0 spiro atoms. The van der Waals surface area contributed by atoms with Crippen molar-refractivity contribution in [3.8, 4) is 0 Å². The number of carbonyl (C=O) groups excluding carboxylic acids is 2. The second-order valence-electron chi connectivity index (χ2n) is 8.13. The summed E-state index contributed by atoms with van der Waals surface area (Å²) in [5.74, 6) is -1.89. The Hall–Kier alpha value is -2.75. The number of benzene rings is 2. The summed E-state index contributed by atoms with van der Waals surface area (Å²) in [6.07, 6.45) is -7.08. The van der Waals surface area contributed by atoms with Gasteiger partial charge in [0.1, 0.15) is 0 Å². The summed E-state index contributed by atoms with van der Waals surface area (Å²) in [6, 6.07) is 4.64. The van der Waals surface area contributed by atoms with E-state index in [4.69, 9.17) is 17.3 Å². The number of primary amides is 1. The second-order valence-corrected chi connectivity index (χ2v) is 8.54. The van der Waals surface area contributed by atoms with Gasteiger partial charge in [-0.2, -0.15) is 26.3 Å². The molecular formula is C23H21ClF6N2O2. The number of anilines is 1. The minimum absolute atomic E-state index is 0.118. The molecule has 1 saturated carbocycles. The first kappa shape index (κ1) is 25.9. The first-order valence-corrected chi connectivity index (χ1v) is 10.9. The smallest absolute Gasteiger partial charge is 0.366 e. The molecule has 1 aliphatic rings. The molecule has 0 radical (unpaired) electrons. The van der Waals surface area contributed by atoms with E-state index in [1.807, 2.05) is 0 Å². The van der Waals surface area contributed by atoms with Crippen LogP contribution in [0.4, 0.5) is 32.0 Å². The third-order valence-corrected chi connectivity index (χ3v) is 6.10. The molecule has 0 saturated heterocycles. The van der Waals surface area contributed by atoms with E-state index in [-0.39, 0.29) is 16.3 Å². The monoisotopic (exact) mass is 506 g/mol. The summed E-state index contributed by atoms with van der Waals surface area (Å²) in [5, 5.41) is -0.118. The lowest BCUT2D eigenvalue weighted by atomic mass is 9.92. The van der Waals surface area contributed by atoms with E-state index < -0.39 is 53.3 Å². The van der Waals surface area contributed by atoms with Gasteiger partial charge >= 0.3 is 12.4 Å². The summed E-state index contributed by atoms with van der Waals surface area (Å²) in [7, 11) is 0. The van der Waals surface area contributed by atoms with Gasteiger partial charge in [0, 0.05) is 11.6 Å². The number of rotatable bonds is 5. The van der Waals surface area contributed by atoms with Crippen LogP contribution in [0.5, 0.6) is 0 Å². The Balaban J connectivity index is 2.06. The number of carbonyl (C=O) groups is 2. The van der Waals surface area contributed by atoms with Crippen molar-refractivity contribution in [3.63, 3.8) is 0 Å². The van der Waals surface area contributed by atoms with Gasteiger partial charge in [-0.3, -0.25) is 9.59 Å². The Morgan fingerprint density at radius 3 is 2.15 bits per heavy atom. The number of amides is 2. The number of nitrogens with zero attached hydrogens (tertiary/aromatic N) is 1. The van der Waals surface area contributed by atoms with Crippen LogP contribution in [-0.2, 0) is 23.6 Å². The Labute approximate surface area is 196 Å². The van der Waals surface area contributed by atoms with Gasteiger partial charge in [-0.25, -0.2) is 0 Å². The number of hydrogen-bond donors (Lipinski definition) is 1. The molecule has 2 aromatic rings. The average molecular weight is 507 g/mol. The molecular weight excluding hydrogens is 486 g/mol. The van der Waals surface area contributed by atoms with Crippen molar-refractivity contribution < 1.29 is 35.9 Å². The van der Waals surface area contributed by atoms with Crippen LogP contribution in [0.15, 0.2) is 36.4 Å². The third-order valence-electron chi connectivity index (χ3n) is 5.78. The minimum atomic E-state index is -4.88. The molecule has 1 aliphatic carbocycles. The van der Waals surface area contributed by atoms with Crippen molar-refractivity contribution >= 4 is 29.1 Å². The van der Waals surface area contributed by atoms with Gasteiger partial charge in [-0.1, -0.05) is 36.9 Å². The number of hydrogen-bond acceptors (Lipinski definition) is 2. The van der Waals surface area contributed by atoms with Crippen molar-refractivity contribution in [2.75, 3.05) is 4.90 Å². The first-order valence-electron chi connectivity index (χ1n) is 10.5. The molecule has 0 heterocycles. The van der Waals surface area contributed by atoms with Crippen LogP contribution in [0.1, 0.15) is 59.2 Å². The zero-order valence-electron chi connectivity index (χ0n) is 17.8. The van der Waals surface area contributed by atoms with Crippen LogP contribution in [0.25, 0.3) is 0 Å². The molecule has 3 rings (SSSR count). The first-order chi connectivity index (χ1) is 15.8. The lowest BCUT2D eigenvalue weighted by Gasteiger charge is -2.35. The number of halogens is 7. The van der Waals surface area contributed by atoms with E-state index in [0.717, 1.165) is 41.7 Å². The van der Waals surface area contributed by atoms with E-state index in [2.05, 4.69) is 0 Å².